The summed E-state index contributed by atoms with van der Waals surface area (Å²) >= 11 is 0. The number of rotatable bonds is 6. The fraction of sp³-hybridized carbons (Fsp3) is 0.111. The highest BCUT2D eigenvalue weighted by atomic mass is 16.6. The van der Waals surface area contributed by atoms with Crippen LogP contribution in [0.1, 0.15) is 27.6 Å². The summed E-state index contributed by atoms with van der Waals surface area (Å²) in [7, 11) is 0. The number of ketones is 2. The fourth-order valence-corrected chi connectivity index (χ4v) is 1.95. The zero-order valence-corrected chi connectivity index (χ0v) is 13.3. The van der Waals surface area contributed by atoms with Crippen molar-refractivity contribution >= 4 is 23.6 Å². The van der Waals surface area contributed by atoms with E-state index >= 15 is 0 Å². The summed E-state index contributed by atoms with van der Waals surface area (Å²) in [6, 6.07) is 12.6. The van der Waals surface area contributed by atoms with Gasteiger partial charge in [0.2, 0.25) is 11.6 Å². The molecule has 0 saturated heterocycles. The maximum atomic E-state index is 12.4. The van der Waals surface area contributed by atoms with E-state index in [1.807, 2.05) is 0 Å². The number of carboxylic acids is 1. The van der Waals surface area contributed by atoms with Crippen LogP contribution in [-0.2, 0) is 4.79 Å². The van der Waals surface area contributed by atoms with Crippen LogP contribution in [0.3, 0.4) is 0 Å². The molecule has 25 heavy (non-hydrogen) atoms. The summed E-state index contributed by atoms with van der Waals surface area (Å²) in [6.07, 6.45) is -1.04. The second kappa shape index (κ2) is 7.87. The highest BCUT2D eigenvalue weighted by Gasteiger charge is 2.23. The zero-order valence-electron chi connectivity index (χ0n) is 13.3. The van der Waals surface area contributed by atoms with Crippen molar-refractivity contribution in [3.05, 3.63) is 65.7 Å². The molecule has 1 amide bonds. The second-order valence-corrected chi connectivity index (χ2v) is 5.11. The Morgan fingerprint density at radius 2 is 1.52 bits per heavy atom. The standard InChI is InChI=1S/C18H15NO6/c1-11(17(22)23)19-18(24)25-14-10-6-5-9-13(14)16(21)15(20)12-7-3-2-4-8-12/h2-11H,1H3,(H,19,24)(H,22,23)/t11-/m0/s1. The van der Waals surface area contributed by atoms with E-state index in [-0.39, 0.29) is 16.9 Å². The van der Waals surface area contributed by atoms with Crippen molar-refractivity contribution in [3.63, 3.8) is 0 Å². The smallest absolute Gasteiger partial charge is 0.413 e. The van der Waals surface area contributed by atoms with Crippen LogP contribution in [0.2, 0.25) is 0 Å². The van der Waals surface area contributed by atoms with Gasteiger partial charge < -0.3 is 15.2 Å². The van der Waals surface area contributed by atoms with E-state index < -0.39 is 29.7 Å². The van der Waals surface area contributed by atoms with Gasteiger partial charge in [-0.2, -0.15) is 0 Å². The van der Waals surface area contributed by atoms with Crippen LogP contribution < -0.4 is 10.1 Å². The molecule has 0 aliphatic heterocycles. The minimum absolute atomic E-state index is 0.0884. The van der Waals surface area contributed by atoms with Crippen molar-refractivity contribution in [2.75, 3.05) is 0 Å². The Bertz CT molecular complexity index is 815. The van der Waals surface area contributed by atoms with E-state index in [2.05, 4.69) is 5.32 Å². The van der Waals surface area contributed by atoms with Crippen molar-refractivity contribution in [3.8, 4) is 5.75 Å². The van der Waals surface area contributed by atoms with Crippen LogP contribution in [0, 0.1) is 0 Å². The van der Waals surface area contributed by atoms with Gasteiger partial charge in [0.15, 0.2) is 0 Å². The Balaban J connectivity index is 2.20. The maximum Gasteiger partial charge on any atom is 0.413 e. The zero-order chi connectivity index (χ0) is 18.4. The van der Waals surface area contributed by atoms with Crippen LogP contribution in [0.25, 0.3) is 0 Å². The van der Waals surface area contributed by atoms with Crippen LogP contribution >= 0.6 is 0 Å². The van der Waals surface area contributed by atoms with Crippen molar-refractivity contribution in [1.29, 1.82) is 0 Å². The second-order valence-electron chi connectivity index (χ2n) is 5.11. The molecule has 0 unspecified atom stereocenters. The molecule has 128 valence electrons. The van der Waals surface area contributed by atoms with Gasteiger partial charge in [-0.15, -0.1) is 0 Å². The average Bonchev–Trinajstić information content (AvgIpc) is 2.61. The normalized spacial score (nSPS) is 11.2. The summed E-state index contributed by atoms with van der Waals surface area (Å²) in [5.74, 6) is -2.94. The Morgan fingerprint density at radius 3 is 2.16 bits per heavy atom. The van der Waals surface area contributed by atoms with Crippen LogP contribution in [0.15, 0.2) is 54.6 Å². The van der Waals surface area contributed by atoms with Gasteiger partial charge in [0.25, 0.3) is 0 Å². The predicted octanol–water partition coefficient (Wildman–Crippen LogP) is 2.31. The molecule has 0 saturated carbocycles. The predicted molar refractivity (Wildman–Crippen MR) is 87.8 cm³/mol. The van der Waals surface area contributed by atoms with Crippen molar-refractivity contribution in [2.24, 2.45) is 0 Å². The summed E-state index contributed by atoms with van der Waals surface area (Å²) in [6.45, 7) is 1.26. The molecule has 0 radical (unpaired) electrons. The van der Waals surface area contributed by atoms with E-state index in [0.717, 1.165) is 0 Å². The van der Waals surface area contributed by atoms with E-state index in [4.69, 9.17) is 9.84 Å². The van der Waals surface area contributed by atoms with Gasteiger partial charge >= 0.3 is 12.1 Å². The Kier molecular flexibility index (Phi) is 5.62. The third-order valence-electron chi connectivity index (χ3n) is 3.28. The molecule has 0 bridgehead atoms. The van der Waals surface area contributed by atoms with Crippen molar-refractivity contribution in [1.82, 2.24) is 5.32 Å². The van der Waals surface area contributed by atoms with Gasteiger partial charge in [0, 0.05) is 5.56 Å². The third kappa shape index (κ3) is 4.51. The monoisotopic (exact) mass is 341 g/mol. The quantitative estimate of drug-likeness (QED) is 0.616. The van der Waals surface area contributed by atoms with Gasteiger partial charge in [0.1, 0.15) is 11.8 Å². The first-order valence-corrected chi connectivity index (χ1v) is 7.34. The number of nitrogens with one attached hydrogen (secondary N) is 1. The summed E-state index contributed by atoms with van der Waals surface area (Å²) in [5.41, 5.74) is 0.126. The number of amides is 1. The van der Waals surface area contributed by atoms with Crippen molar-refractivity contribution < 1.29 is 29.0 Å². The minimum atomic E-state index is -1.24. The lowest BCUT2D eigenvalue weighted by Crippen LogP contribution is -2.40. The molecule has 2 aromatic carbocycles. The van der Waals surface area contributed by atoms with Gasteiger partial charge in [-0.1, -0.05) is 42.5 Å². The molecule has 0 aliphatic carbocycles. The van der Waals surface area contributed by atoms with Crippen LogP contribution in [-0.4, -0.2) is 34.8 Å². The van der Waals surface area contributed by atoms with E-state index in [1.165, 1.54) is 43.3 Å². The number of carbonyl (C=O) groups excluding carboxylic acids is 3. The Hall–Kier alpha value is -3.48. The number of carbonyl (C=O) groups is 4. The van der Waals surface area contributed by atoms with Gasteiger partial charge in [-0.05, 0) is 19.1 Å². The van der Waals surface area contributed by atoms with E-state index in [1.54, 1.807) is 18.2 Å². The van der Waals surface area contributed by atoms with Crippen LogP contribution in [0.5, 0.6) is 5.75 Å². The molecule has 0 fully saturated rings. The lowest BCUT2D eigenvalue weighted by molar-refractivity contribution is -0.138. The SMILES string of the molecule is C[C@H](NC(=O)Oc1ccccc1C(=O)C(=O)c1ccccc1)C(=O)O. The first kappa shape index (κ1) is 17.9. The molecule has 2 aromatic rings. The number of ether oxygens (including phenoxy) is 1. The summed E-state index contributed by atoms with van der Waals surface area (Å²) < 4.78 is 4.99. The number of para-hydroxylation sites is 1. The number of Topliss-reactive ketones (excluding diaryl/α,β-unsaturated/α-hetero) is 2. The summed E-state index contributed by atoms with van der Waals surface area (Å²) in [4.78, 5) is 47.2. The molecule has 0 heterocycles. The molecule has 7 nitrogen and oxygen atoms in total. The maximum absolute atomic E-state index is 12.4. The fourth-order valence-electron chi connectivity index (χ4n) is 1.95. The van der Waals surface area contributed by atoms with Gasteiger partial charge in [-0.25, -0.2) is 4.79 Å². The molecule has 0 aromatic heterocycles. The van der Waals surface area contributed by atoms with Gasteiger partial charge in [0.05, 0.1) is 5.56 Å². The molecule has 0 spiro atoms. The highest BCUT2D eigenvalue weighted by molar-refractivity contribution is 6.49. The third-order valence-corrected chi connectivity index (χ3v) is 3.28. The van der Waals surface area contributed by atoms with E-state index in [9.17, 15) is 19.2 Å². The number of hydrogen-bond acceptors (Lipinski definition) is 5. The molecule has 2 N–H and O–H groups in total. The lowest BCUT2D eigenvalue weighted by atomic mass is 10.0. The molecule has 1 atom stereocenters. The van der Waals surface area contributed by atoms with Crippen molar-refractivity contribution in [2.45, 2.75) is 13.0 Å². The topological polar surface area (TPSA) is 110 Å². The molecular formula is C18H15NO6. The number of aliphatic carboxylic acids is 1. The Morgan fingerprint density at radius 1 is 0.920 bits per heavy atom. The first-order chi connectivity index (χ1) is 11.9. The molecule has 2 rings (SSSR count). The average molecular weight is 341 g/mol. The minimum Gasteiger partial charge on any atom is -0.480 e. The first-order valence-electron chi connectivity index (χ1n) is 7.34. The van der Waals surface area contributed by atoms with Gasteiger partial charge in [-0.3, -0.25) is 14.4 Å². The van der Waals surface area contributed by atoms with Crippen LogP contribution in [0.4, 0.5) is 4.79 Å². The number of hydrogen-bond donors (Lipinski definition) is 2. The molecule has 0 aliphatic rings. The van der Waals surface area contributed by atoms with E-state index in [0.29, 0.717) is 0 Å². The molecule has 7 heteroatoms. The summed E-state index contributed by atoms with van der Waals surface area (Å²) in [5, 5.41) is 10.9. The molecular weight excluding hydrogens is 326 g/mol. The number of carboxylic acid groups (broad SMARTS) is 1. The largest absolute Gasteiger partial charge is 0.480 e. The lowest BCUT2D eigenvalue weighted by Gasteiger charge is -2.12. The Labute approximate surface area is 143 Å². The highest BCUT2D eigenvalue weighted by Crippen LogP contribution is 2.20. The number of benzene rings is 2.